The summed E-state index contributed by atoms with van der Waals surface area (Å²) in [6, 6.07) is 6.18. The first-order valence-corrected chi connectivity index (χ1v) is 7.13. The Hall–Kier alpha value is -1.42. The number of rotatable bonds is 6. The summed E-state index contributed by atoms with van der Waals surface area (Å²) in [6.07, 6.45) is 1.17. The van der Waals surface area contributed by atoms with Crippen molar-refractivity contribution >= 4 is 5.69 Å². The molecule has 1 heterocycles. The standard InChI is InChI=1S/C15H24N2O2/c1-3-18-14-6-5-13(9-15(14)19-4-2)17-8-7-12(10-16)11-17/h5-6,9,12H,3-4,7-8,10-11,16H2,1-2H3. The zero-order valence-corrected chi connectivity index (χ0v) is 11.9. The SMILES string of the molecule is CCOc1ccc(N2CCC(CN)C2)cc1OCC. The van der Waals surface area contributed by atoms with Gasteiger partial charge in [0.1, 0.15) is 0 Å². The summed E-state index contributed by atoms with van der Waals surface area (Å²) in [5, 5.41) is 0. The van der Waals surface area contributed by atoms with Crippen LogP contribution in [0.2, 0.25) is 0 Å². The van der Waals surface area contributed by atoms with Crippen LogP contribution in [0.5, 0.6) is 11.5 Å². The highest BCUT2D eigenvalue weighted by Crippen LogP contribution is 2.34. The molecule has 106 valence electrons. The van der Waals surface area contributed by atoms with Crippen LogP contribution in [-0.2, 0) is 0 Å². The molecule has 2 rings (SSSR count). The third-order valence-electron chi connectivity index (χ3n) is 3.51. The molecule has 0 aliphatic carbocycles. The van der Waals surface area contributed by atoms with Crippen molar-refractivity contribution in [3.63, 3.8) is 0 Å². The van der Waals surface area contributed by atoms with Crippen LogP contribution < -0.4 is 20.1 Å². The Kier molecular flexibility index (Phi) is 4.91. The van der Waals surface area contributed by atoms with Crippen LogP contribution in [0.4, 0.5) is 5.69 Å². The average molecular weight is 264 g/mol. The lowest BCUT2D eigenvalue weighted by Crippen LogP contribution is -2.22. The summed E-state index contributed by atoms with van der Waals surface area (Å²) in [5.41, 5.74) is 6.94. The fourth-order valence-corrected chi connectivity index (χ4v) is 2.50. The lowest BCUT2D eigenvalue weighted by atomic mass is 10.1. The Bertz CT molecular complexity index is 409. The molecule has 1 aromatic rings. The maximum absolute atomic E-state index is 5.74. The van der Waals surface area contributed by atoms with Gasteiger partial charge < -0.3 is 20.1 Å². The van der Waals surface area contributed by atoms with E-state index in [4.69, 9.17) is 15.2 Å². The maximum atomic E-state index is 5.74. The van der Waals surface area contributed by atoms with Crippen molar-refractivity contribution in [3.05, 3.63) is 18.2 Å². The summed E-state index contributed by atoms with van der Waals surface area (Å²) < 4.78 is 11.3. The Morgan fingerprint density at radius 3 is 2.58 bits per heavy atom. The zero-order valence-electron chi connectivity index (χ0n) is 11.9. The highest BCUT2D eigenvalue weighted by molar-refractivity contribution is 5.57. The Morgan fingerprint density at radius 2 is 1.95 bits per heavy atom. The van der Waals surface area contributed by atoms with Crippen LogP contribution in [0.15, 0.2) is 18.2 Å². The van der Waals surface area contributed by atoms with E-state index in [0.717, 1.165) is 31.1 Å². The van der Waals surface area contributed by atoms with E-state index >= 15 is 0 Å². The van der Waals surface area contributed by atoms with Crippen LogP contribution in [0.1, 0.15) is 20.3 Å². The maximum Gasteiger partial charge on any atom is 0.163 e. The minimum atomic E-state index is 0.613. The number of benzene rings is 1. The van der Waals surface area contributed by atoms with E-state index < -0.39 is 0 Å². The number of nitrogens with zero attached hydrogens (tertiary/aromatic N) is 1. The van der Waals surface area contributed by atoms with Crippen molar-refractivity contribution in [2.75, 3.05) is 37.7 Å². The van der Waals surface area contributed by atoms with Gasteiger partial charge in [-0.05, 0) is 44.9 Å². The molecule has 4 nitrogen and oxygen atoms in total. The quantitative estimate of drug-likeness (QED) is 0.856. The minimum Gasteiger partial charge on any atom is -0.490 e. The zero-order chi connectivity index (χ0) is 13.7. The second-order valence-electron chi connectivity index (χ2n) is 4.83. The fourth-order valence-electron chi connectivity index (χ4n) is 2.50. The second-order valence-corrected chi connectivity index (χ2v) is 4.83. The molecular weight excluding hydrogens is 240 g/mol. The van der Waals surface area contributed by atoms with Crippen LogP contribution in [-0.4, -0.2) is 32.8 Å². The Labute approximate surface area is 115 Å². The second kappa shape index (κ2) is 6.66. The van der Waals surface area contributed by atoms with E-state index in [9.17, 15) is 0 Å². The topological polar surface area (TPSA) is 47.7 Å². The Morgan fingerprint density at radius 1 is 1.21 bits per heavy atom. The molecule has 0 spiro atoms. The molecule has 2 N–H and O–H groups in total. The first kappa shape index (κ1) is 14.0. The minimum absolute atomic E-state index is 0.613. The fraction of sp³-hybridized carbons (Fsp3) is 0.600. The smallest absolute Gasteiger partial charge is 0.163 e. The van der Waals surface area contributed by atoms with Gasteiger partial charge in [-0.25, -0.2) is 0 Å². The first-order valence-electron chi connectivity index (χ1n) is 7.13. The van der Waals surface area contributed by atoms with E-state index in [-0.39, 0.29) is 0 Å². The van der Waals surface area contributed by atoms with Gasteiger partial charge >= 0.3 is 0 Å². The van der Waals surface area contributed by atoms with Crippen LogP contribution >= 0.6 is 0 Å². The van der Waals surface area contributed by atoms with E-state index in [1.54, 1.807) is 0 Å². The van der Waals surface area contributed by atoms with Crippen molar-refractivity contribution in [1.82, 2.24) is 0 Å². The molecule has 1 saturated heterocycles. The highest BCUT2D eigenvalue weighted by atomic mass is 16.5. The van der Waals surface area contributed by atoms with Gasteiger partial charge in [0.05, 0.1) is 13.2 Å². The summed E-state index contributed by atoms with van der Waals surface area (Å²) in [5.74, 6) is 2.27. The third kappa shape index (κ3) is 3.32. The molecule has 0 radical (unpaired) electrons. The average Bonchev–Trinajstić information content (AvgIpc) is 2.90. The largest absolute Gasteiger partial charge is 0.490 e. The van der Waals surface area contributed by atoms with E-state index in [1.807, 2.05) is 19.9 Å². The van der Waals surface area contributed by atoms with Crippen molar-refractivity contribution in [1.29, 1.82) is 0 Å². The van der Waals surface area contributed by atoms with Crippen LogP contribution in [0.25, 0.3) is 0 Å². The van der Waals surface area contributed by atoms with Crippen molar-refractivity contribution in [3.8, 4) is 11.5 Å². The van der Waals surface area contributed by atoms with Gasteiger partial charge in [0.2, 0.25) is 0 Å². The van der Waals surface area contributed by atoms with Crippen molar-refractivity contribution in [2.24, 2.45) is 11.7 Å². The van der Waals surface area contributed by atoms with Crippen molar-refractivity contribution in [2.45, 2.75) is 20.3 Å². The number of anilines is 1. The molecule has 1 unspecified atom stereocenters. The summed E-state index contributed by atoms with van der Waals surface area (Å²) in [7, 11) is 0. The summed E-state index contributed by atoms with van der Waals surface area (Å²) in [6.45, 7) is 8.15. The predicted molar refractivity (Wildman–Crippen MR) is 78.2 cm³/mol. The van der Waals surface area contributed by atoms with Crippen LogP contribution in [0.3, 0.4) is 0 Å². The van der Waals surface area contributed by atoms with Gasteiger partial charge in [0.25, 0.3) is 0 Å². The van der Waals surface area contributed by atoms with Gasteiger partial charge in [-0.1, -0.05) is 0 Å². The van der Waals surface area contributed by atoms with Gasteiger partial charge in [-0.2, -0.15) is 0 Å². The van der Waals surface area contributed by atoms with E-state index in [1.165, 1.54) is 12.1 Å². The predicted octanol–water partition coefficient (Wildman–Crippen LogP) is 2.27. The van der Waals surface area contributed by atoms with E-state index in [2.05, 4.69) is 17.0 Å². The molecule has 1 aliphatic rings. The highest BCUT2D eigenvalue weighted by Gasteiger charge is 2.22. The number of nitrogens with two attached hydrogens (primary N) is 1. The van der Waals surface area contributed by atoms with Crippen LogP contribution in [0, 0.1) is 5.92 Å². The lowest BCUT2D eigenvalue weighted by Gasteiger charge is -2.20. The van der Waals surface area contributed by atoms with Crippen molar-refractivity contribution < 1.29 is 9.47 Å². The molecule has 0 amide bonds. The van der Waals surface area contributed by atoms with Gasteiger partial charge in [-0.15, -0.1) is 0 Å². The monoisotopic (exact) mass is 264 g/mol. The molecule has 0 saturated carbocycles. The summed E-state index contributed by atoms with van der Waals surface area (Å²) >= 11 is 0. The number of hydrogen-bond donors (Lipinski definition) is 1. The molecule has 19 heavy (non-hydrogen) atoms. The Balaban J connectivity index is 2.15. The molecule has 1 atom stereocenters. The summed E-state index contributed by atoms with van der Waals surface area (Å²) in [4.78, 5) is 2.37. The first-order chi connectivity index (χ1) is 9.28. The number of hydrogen-bond acceptors (Lipinski definition) is 4. The van der Waals surface area contributed by atoms with Gasteiger partial charge in [-0.3, -0.25) is 0 Å². The molecule has 1 fully saturated rings. The van der Waals surface area contributed by atoms with E-state index in [0.29, 0.717) is 19.1 Å². The molecule has 1 aromatic carbocycles. The van der Waals surface area contributed by atoms with Gasteiger partial charge in [0.15, 0.2) is 11.5 Å². The normalized spacial score (nSPS) is 18.7. The number of ether oxygens (including phenoxy) is 2. The third-order valence-corrected chi connectivity index (χ3v) is 3.51. The lowest BCUT2D eigenvalue weighted by molar-refractivity contribution is 0.288. The molecule has 0 bridgehead atoms. The van der Waals surface area contributed by atoms with Gasteiger partial charge in [0, 0.05) is 24.8 Å². The molecular formula is C15H24N2O2. The molecule has 0 aromatic heterocycles. The molecule has 1 aliphatic heterocycles. The molecule has 4 heteroatoms.